The Kier molecular flexibility index (Phi) is 10.8. The summed E-state index contributed by atoms with van der Waals surface area (Å²) in [7, 11) is 1.68. The molecular weight excluding hydrogens is 222 g/mol. The molecule has 1 atom stereocenters. The minimum absolute atomic E-state index is 0.581. The molecule has 5 nitrogen and oxygen atoms in total. The van der Waals surface area contributed by atoms with E-state index in [4.69, 9.17) is 14.2 Å². The Bertz CT molecular complexity index is 165. The maximum absolute atomic E-state index is 9.64. The van der Waals surface area contributed by atoms with Crippen molar-refractivity contribution in [3.8, 4) is 0 Å². The molecule has 5 heteroatoms. The number of hydrogen-bond acceptors (Lipinski definition) is 5. The molecule has 0 bridgehead atoms. The van der Waals surface area contributed by atoms with Crippen molar-refractivity contribution in [1.29, 1.82) is 0 Å². The summed E-state index contributed by atoms with van der Waals surface area (Å²) >= 11 is 0. The fourth-order valence-electron chi connectivity index (χ4n) is 1.14. The Morgan fingerprint density at radius 1 is 1.06 bits per heavy atom. The minimum atomic E-state index is -0.792. The van der Waals surface area contributed by atoms with Gasteiger partial charge in [0.05, 0.1) is 19.8 Å². The predicted octanol–water partition coefficient (Wildman–Crippen LogP) is 0.764. The van der Waals surface area contributed by atoms with Crippen molar-refractivity contribution in [2.45, 2.75) is 32.4 Å². The van der Waals surface area contributed by atoms with Crippen LogP contribution in [0.2, 0.25) is 0 Å². The summed E-state index contributed by atoms with van der Waals surface area (Å²) in [5.41, 5.74) is -0.792. The van der Waals surface area contributed by atoms with Crippen molar-refractivity contribution in [3.05, 3.63) is 0 Å². The highest BCUT2D eigenvalue weighted by Gasteiger charge is 2.14. The minimum Gasteiger partial charge on any atom is -0.385 e. The molecule has 17 heavy (non-hydrogen) atoms. The maximum Gasteiger partial charge on any atom is 0.113 e. The van der Waals surface area contributed by atoms with Crippen LogP contribution in [0.5, 0.6) is 0 Å². The lowest BCUT2D eigenvalue weighted by molar-refractivity contribution is 0.00368. The quantitative estimate of drug-likeness (QED) is 0.395. The highest BCUT2D eigenvalue weighted by molar-refractivity contribution is 4.65. The van der Waals surface area contributed by atoms with Crippen LogP contribution in [0.15, 0.2) is 0 Å². The molecule has 0 aliphatic carbocycles. The van der Waals surface area contributed by atoms with Crippen molar-refractivity contribution in [2.75, 3.05) is 46.7 Å². The van der Waals surface area contributed by atoms with Crippen LogP contribution < -0.4 is 5.32 Å². The van der Waals surface area contributed by atoms with Crippen LogP contribution in [-0.2, 0) is 14.2 Å². The third-order valence-electron chi connectivity index (χ3n) is 2.45. The van der Waals surface area contributed by atoms with Gasteiger partial charge >= 0.3 is 0 Å². The summed E-state index contributed by atoms with van der Waals surface area (Å²) in [6.07, 6.45) is 1.59. The van der Waals surface area contributed by atoms with E-state index in [1.54, 1.807) is 14.0 Å². The fraction of sp³-hybridized carbons (Fsp3) is 1.00. The SMILES string of the molecule is CCC(C)(O)NCCOCCOCCCOC. The molecule has 0 saturated carbocycles. The monoisotopic (exact) mass is 249 g/mol. The average Bonchev–Trinajstić information content (AvgIpc) is 2.31. The standard InChI is InChI=1S/C12H27NO4/c1-4-12(2,14)13-6-9-17-11-10-16-8-5-7-15-3/h13-14H,4-11H2,1-3H3. The van der Waals surface area contributed by atoms with Crippen LogP contribution in [0, 0.1) is 0 Å². The number of hydrogen-bond donors (Lipinski definition) is 2. The third-order valence-corrected chi connectivity index (χ3v) is 2.45. The van der Waals surface area contributed by atoms with Gasteiger partial charge in [0.15, 0.2) is 0 Å². The van der Waals surface area contributed by atoms with Gasteiger partial charge in [-0.05, 0) is 19.8 Å². The molecule has 0 radical (unpaired) electrons. The van der Waals surface area contributed by atoms with Gasteiger partial charge in [0, 0.05) is 26.9 Å². The van der Waals surface area contributed by atoms with Gasteiger partial charge in [-0.2, -0.15) is 0 Å². The molecular formula is C12H27NO4. The smallest absolute Gasteiger partial charge is 0.113 e. The van der Waals surface area contributed by atoms with Crippen LogP contribution in [0.1, 0.15) is 26.7 Å². The topological polar surface area (TPSA) is 60.0 Å². The number of ether oxygens (including phenoxy) is 3. The molecule has 0 amide bonds. The summed E-state index contributed by atoms with van der Waals surface area (Å²) in [5, 5.41) is 12.6. The zero-order valence-corrected chi connectivity index (χ0v) is 11.3. The molecule has 0 aromatic carbocycles. The van der Waals surface area contributed by atoms with Crippen molar-refractivity contribution in [1.82, 2.24) is 5.32 Å². The van der Waals surface area contributed by atoms with Gasteiger partial charge in [-0.15, -0.1) is 0 Å². The number of methoxy groups -OCH3 is 1. The summed E-state index contributed by atoms with van der Waals surface area (Å²) in [5.74, 6) is 0. The van der Waals surface area contributed by atoms with Crippen LogP contribution in [0.3, 0.4) is 0 Å². The lowest BCUT2D eigenvalue weighted by Gasteiger charge is -2.22. The van der Waals surface area contributed by atoms with E-state index in [2.05, 4.69) is 5.32 Å². The Balaban J connectivity index is 3.09. The van der Waals surface area contributed by atoms with Gasteiger partial charge in [0.2, 0.25) is 0 Å². The first-order chi connectivity index (χ1) is 8.12. The van der Waals surface area contributed by atoms with E-state index in [9.17, 15) is 5.11 Å². The number of nitrogens with one attached hydrogen (secondary N) is 1. The van der Waals surface area contributed by atoms with Gasteiger partial charge < -0.3 is 19.3 Å². The maximum atomic E-state index is 9.64. The highest BCUT2D eigenvalue weighted by Crippen LogP contribution is 2.01. The predicted molar refractivity (Wildman–Crippen MR) is 67.0 cm³/mol. The zero-order valence-electron chi connectivity index (χ0n) is 11.3. The van der Waals surface area contributed by atoms with Crippen LogP contribution >= 0.6 is 0 Å². The molecule has 2 N–H and O–H groups in total. The lowest BCUT2D eigenvalue weighted by atomic mass is 10.2. The van der Waals surface area contributed by atoms with E-state index >= 15 is 0 Å². The first-order valence-electron chi connectivity index (χ1n) is 6.24. The zero-order chi connectivity index (χ0) is 13.0. The summed E-state index contributed by atoms with van der Waals surface area (Å²) in [6.45, 7) is 7.55. The second kappa shape index (κ2) is 10.9. The van der Waals surface area contributed by atoms with Crippen LogP contribution in [0.4, 0.5) is 0 Å². The molecule has 104 valence electrons. The first kappa shape index (κ1) is 16.8. The normalized spacial score (nSPS) is 14.8. The molecule has 0 rings (SSSR count). The van der Waals surface area contributed by atoms with Gasteiger partial charge in [-0.25, -0.2) is 0 Å². The highest BCUT2D eigenvalue weighted by atomic mass is 16.5. The fourth-order valence-corrected chi connectivity index (χ4v) is 1.14. The van der Waals surface area contributed by atoms with Crippen LogP contribution in [-0.4, -0.2) is 57.5 Å². The van der Waals surface area contributed by atoms with E-state index in [0.717, 1.165) is 13.0 Å². The number of aliphatic hydroxyl groups is 1. The van der Waals surface area contributed by atoms with Crippen molar-refractivity contribution in [3.63, 3.8) is 0 Å². The molecule has 1 unspecified atom stereocenters. The Hall–Kier alpha value is -0.200. The van der Waals surface area contributed by atoms with E-state index in [1.165, 1.54) is 0 Å². The first-order valence-corrected chi connectivity index (χ1v) is 6.24. The van der Waals surface area contributed by atoms with E-state index in [0.29, 0.717) is 39.4 Å². The van der Waals surface area contributed by atoms with Gasteiger partial charge in [-0.3, -0.25) is 5.32 Å². The molecule has 0 aliphatic rings. The summed E-state index contributed by atoms with van der Waals surface area (Å²) in [6, 6.07) is 0. The molecule has 0 aromatic heterocycles. The molecule has 0 fully saturated rings. The lowest BCUT2D eigenvalue weighted by Crippen LogP contribution is -2.43. The largest absolute Gasteiger partial charge is 0.385 e. The average molecular weight is 249 g/mol. The third kappa shape index (κ3) is 12.1. The Labute approximate surface area is 104 Å². The van der Waals surface area contributed by atoms with Crippen LogP contribution in [0.25, 0.3) is 0 Å². The van der Waals surface area contributed by atoms with Crippen molar-refractivity contribution < 1.29 is 19.3 Å². The van der Waals surface area contributed by atoms with E-state index < -0.39 is 5.72 Å². The van der Waals surface area contributed by atoms with Gasteiger partial charge in [0.25, 0.3) is 0 Å². The molecule has 0 spiro atoms. The second-order valence-electron chi connectivity index (χ2n) is 4.13. The van der Waals surface area contributed by atoms with E-state index in [1.807, 2.05) is 6.92 Å². The molecule has 0 aliphatic heterocycles. The molecule has 0 heterocycles. The summed E-state index contributed by atoms with van der Waals surface area (Å²) < 4.78 is 15.6. The Morgan fingerprint density at radius 3 is 2.29 bits per heavy atom. The molecule has 0 aromatic rings. The van der Waals surface area contributed by atoms with E-state index in [-0.39, 0.29) is 0 Å². The van der Waals surface area contributed by atoms with Gasteiger partial charge in [-0.1, -0.05) is 6.92 Å². The number of rotatable bonds is 12. The van der Waals surface area contributed by atoms with Crippen molar-refractivity contribution >= 4 is 0 Å². The van der Waals surface area contributed by atoms with Gasteiger partial charge in [0.1, 0.15) is 5.72 Å². The Morgan fingerprint density at radius 2 is 1.71 bits per heavy atom. The van der Waals surface area contributed by atoms with Crippen molar-refractivity contribution in [2.24, 2.45) is 0 Å². The molecule has 0 saturated heterocycles. The summed E-state index contributed by atoms with van der Waals surface area (Å²) in [4.78, 5) is 0. The second-order valence-corrected chi connectivity index (χ2v) is 4.13.